The van der Waals surface area contributed by atoms with E-state index in [9.17, 15) is 14.4 Å². The summed E-state index contributed by atoms with van der Waals surface area (Å²) in [5, 5.41) is 17.3. The maximum absolute atomic E-state index is 14.3. The molecule has 4 aromatic rings. The molecule has 246 valence electrons. The summed E-state index contributed by atoms with van der Waals surface area (Å²) in [7, 11) is 0. The third-order valence-electron chi connectivity index (χ3n) is 8.21. The molecule has 2 heterocycles. The van der Waals surface area contributed by atoms with Crippen molar-refractivity contribution >= 4 is 35.2 Å². The van der Waals surface area contributed by atoms with Crippen molar-refractivity contribution < 1.29 is 19.1 Å². The van der Waals surface area contributed by atoms with Gasteiger partial charge in [0, 0.05) is 41.9 Å². The van der Waals surface area contributed by atoms with Gasteiger partial charge in [-0.15, -0.1) is 10.2 Å². The summed E-state index contributed by atoms with van der Waals surface area (Å²) in [6.07, 6.45) is 4.11. The zero-order chi connectivity index (χ0) is 33.6. The minimum Gasteiger partial charge on any atom is -0.444 e. The van der Waals surface area contributed by atoms with E-state index in [1.165, 1.54) is 4.90 Å². The molecule has 1 saturated carbocycles. The van der Waals surface area contributed by atoms with E-state index in [1.54, 1.807) is 30.5 Å². The first-order valence-corrected chi connectivity index (χ1v) is 16.0. The summed E-state index contributed by atoms with van der Waals surface area (Å²) < 4.78 is 5.36. The molecule has 3 amide bonds. The van der Waals surface area contributed by atoms with Crippen LogP contribution in [0.15, 0.2) is 66.9 Å². The second kappa shape index (κ2) is 14.7. The predicted molar refractivity (Wildman–Crippen MR) is 178 cm³/mol. The van der Waals surface area contributed by atoms with Crippen LogP contribution in [0, 0.1) is 11.8 Å². The first-order valence-electron chi connectivity index (χ1n) is 15.6. The maximum Gasteiger partial charge on any atom is 0.407 e. The largest absolute Gasteiger partial charge is 0.444 e. The van der Waals surface area contributed by atoms with E-state index in [0.29, 0.717) is 41.6 Å². The highest BCUT2D eigenvalue weighted by molar-refractivity contribution is 6.32. The summed E-state index contributed by atoms with van der Waals surface area (Å²) in [6, 6.07) is 17.5. The summed E-state index contributed by atoms with van der Waals surface area (Å²) in [5.41, 5.74) is 9.20. The van der Waals surface area contributed by atoms with Crippen LogP contribution in [0.5, 0.6) is 0 Å². The first-order chi connectivity index (χ1) is 22.5. The molecule has 0 saturated heterocycles. The number of carbonyl (C=O) groups is 3. The van der Waals surface area contributed by atoms with Crippen LogP contribution in [0.1, 0.15) is 52.0 Å². The standard InChI is InChI=1S/C34H39ClN8O4/c1-34(2,3)47-33(46)38-20-22-8-12-25(13-9-22)32(45)43(26-16-14-24(15-17-26)31-39-41-42-40-31)28(30(36)44)19-21-6-10-23(11-7-21)27-5-4-18-37-29(27)35/h4-7,10-11,14-18,22,25,28H,8-9,12-13,19-20H2,1-3H3,(H2,36,44)(H,38,46)(H,39,40,41,42)/t22?,25?,28-/m0/s1. The number of halogens is 1. The number of primary amides is 1. The van der Waals surface area contributed by atoms with Crippen molar-refractivity contribution in [3.8, 4) is 22.5 Å². The van der Waals surface area contributed by atoms with E-state index < -0.39 is 23.6 Å². The number of hydrogen-bond acceptors (Lipinski definition) is 8. The van der Waals surface area contributed by atoms with Gasteiger partial charge in [0.2, 0.25) is 17.6 Å². The van der Waals surface area contributed by atoms with Crippen LogP contribution in [0.25, 0.3) is 22.5 Å². The van der Waals surface area contributed by atoms with Crippen LogP contribution in [-0.4, -0.2) is 61.7 Å². The average Bonchev–Trinajstić information content (AvgIpc) is 3.59. The number of benzene rings is 2. The number of tetrazole rings is 1. The van der Waals surface area contributed by atoms with E-state index in [0.717, 1.165) is 29.5 Å². The van der Waals surface area contributed by atoms with Crippen LogP contribution < -0.4 is 16.0 Å². The van der Waals surface area contributed by atoms with E-state index in [1.807, 2.05) is 57.2 Å². The molecule has 1 aliphatic carbocycles. The van der Waals surface area contributed by atoms with Crippen molar-refractivity contribution in [2.75, 3.05) is 11.4 Å². The molecule has 1 fully saturated rings. The topological polar surface area (TPSA) is 169 Å². The number of anilines is 1. The second-order valence-electron chi connectivity index (χ2n) is 12.8. The molecule has 2 aromatic heterocycles. The SMILES string of the molecule is CC(C)(C)OC(=O)NCC1CCC(C(=O)N(c2ccc(-c3nn[nH]n3)cc2)[C@@H](Cc2ccc(-c3cccnc3Cl)cc2)C(N)=O)CC1. The minimum atomic E-state index is -0.946. The van der Waals surface area contributed by atoms with Gasteiger partial charge in [0.1, 0.15) is 16.8 Å². The van der Waals surface area contributed by atoms with Gasteiger partial charge < -0.3 is 15.8 Å². The van der Waals surface area contributed by atoms with Gasteiger partial charge in [0.15, 0.2) is 0 Å². The number of rotatable bonds is 10. The molecule has 5 rings (SSSR count). The normalized spacial score (nSPS) is 17.0. The molecule has 1 aliphatic rings. The Hall–Kier alpha value is -4.84. The lowest BCUT2D eigenvalue weighted by Gasteiger charge is -2.36. The molecule has 1 atom stereocenters. The average molecular weight is 659 g/mol. The van der Waals surface area contributed by atoms with Crippen molar-refractivity contribution in [2.45, 2.75) is 64.5 Å². The van der Waals surface area contributed by atoms with Gasteiger partial charge >= 0.3 is 6.09 Å². The number of aromatic nitrogens is 5. The number of aromatic amines is 1. The molecule has 0 bridgehead atoms. The van der Waals surface area contributed by atoms with E-state index >= 15 is 0 Å². The van der Waals surface area contributed by atoms with E-state index in [4.69, 9.17) is 22.1 Å². The number of alkyl carbamates (subject to hydrolysis) is 1. The number of H-pyrrole nitrogens is 1. The quantitative estimate of drug-likeness (QED) is 0.192. The molecule has 13 heteroatoms. The van der Waals surface area contributed by atoms with Crippen molar-refractivity contribution in [3.63, 3.8) is 0 Å². The molecule has 0 unspecified atom stereocenters. The van der Waals surface area contributed by atoms with Crippen LogP contribution in [0.2, 0.25) is 5.15 Å². The Bertz CT molecular complexity index is 1670. The van der Waals surface area contributed by atoms with Crippen LogP contribution >= 0.6 is 11.6 Å². The van der Waals surface area contributed by atoms with E-state index in [-0.39, 0.29) is 24.2 Å². The molecule has 0 spiro atoms. The van der Waals surface area contributed by atoms with Crippen molar-refractivity contribution in [3.05, 3.63) is 77.6 Å². The highest BCUT2D eigenvalue weighted by atomic mass is 35.5. The number of nitrogens with two attached hydrogens (primary N) is 1. The lowest BCUT2D eigenvalue weighted by Crippen LogP contribution is -2.52. The van der Waals surface area contributed by atoms with Crippen LogP contribution in [0.3, 0.4) is 0 Å². The third-order valence-corrected chi connectivity index (χ3v) is 8.51. The summed E-state index contributed by atoms with van der Waals surface area (Å²) in [5.74, 6) is -0.476. The zero-order valence-corrected chi connectivity index (χ0v) is 27.4. The molecule has 4 N–H and O–H groups in total. The predicted octanol–water partition coefficient (Wildman–Crippen LogP) is 5.34. The highest BCUT2D eigenvalue weighted by Crippen LogP contribution is 2.33. The van der Waals surface area contributed by atoms with Crippen molar-refractivity contribution in [1.82, 2.24) is 30.9 Å². The number of carbonyl (C=O) groups excluding carboxylic acids is 3. The van der Waals surface area contributed by atoms with Gasteiger partial charge in [-0.1, -0.05) is 35.9 Å². The van der Waals surface area contributed by atoms with Gasteiger partial charge in [0.25, 0.3) is 0 Å². The van der Waals surface area contributed by atoms with Crippen LogP contribution in [0.4, 0.5) is 10.5 Å². The number of amides is 3. The number of hydrogen-bond donors (Lipinski definition) is 3. The Morgan fingerprint density at radius 2 is 1.70 bits per heavy atom. The van der Waals surface area contributed by atoms with Gasteiger partial charge in [-0.25, -0.2) is 9.78 Å². The number of pyridine rings is 1. The molecule has 0 aliphatic heterocycles. The number of nitrogens with one attached hydrogen (secondary N) is 2. The Morgan fingerprint density at radius 3 is 2.30 bits per heavy atom. The van der Waals surface area contributed by atoms with Gasteiger partial charge in [-0.2, -0.15) is 5.21 Å². The van der Waals surface area contributed by atoms with Crippen molar-refractivity contribution in [1.29, 1.82) is 0 Å². The third kappa shape index (κ3) is 8.70. The Kier molecular flexibility index (Phi) is 10.5. The van der Waals surface area contributed by atoms with E-state index in [2.05, 4.69) is 30.9 Å². The summed E-state index contributed by atoms with van der Waals surface area (Å²) in [6.45, 7) is 5.93. The number of nitrogens with zero attached hydrogens (tertiary/aromatic N) is 5. The molecule has 2 aromatic carbocycles. The Balaban J connectivity index is 1.35. The molecule has 12 nitrogen and oxygen atoms in total. The number of ether oxygens (including phenoxy) is 1. The monoisotopic (exact) mass is 658 g/mol. The fourth-order valence-corrected chi connectivity index (χ4v) is 6.06. The lowest BCUT2D eigenvalue weighted by molar-refractivity contribution is -0.127. The summed E-state index contributed by atoms with van der Waals surface area (Å²) in [4.78, 5) is 45.3. The molecule has 47 heavy (non-hydrogen) atoms. The smallest absolute Gasteiger partial charge is 0.407 e. The fourth-order valence-electron chi connectivity index (χ4n) is 5.83. The minimum absolute atomic E-state index is 0.168. The zero-order valence-electron chi connectivity index (χ0n) is 26.6. The molecular weight excluding hydrogens is 620 g/mol. The molecular formula is C34H39ClN8O4. The first kappa shape index (κ1) is 33.5. The Morgan fingerprint density at radius 1 is 1.02 bits per heavy atom. The molecule has 0 radical (unpaired) electrons. The van der Waals surface area contributed by atoms with Gasteiger partial charge in [-0.05, 0) is 105 Å². The summed E-state index contributed by atoms with van der Waals surface area (Å²) >= 11 is 6.30. The second-order valence-corrected chi connectivity index (χ2v) is 13.1. The van der Waals surface area contributed by atoms with Gasteiger partial charge in [0.05, 0.1) is 0 Å². The maximum atomic E-state index is 14.3. The van der Waals surface area contributed by atoms with Crippen LogP contribution in [-0.2, 0) is 20.7 Å². The lowest BCUT2D eigenvalue weighted by atomic mass is 9.81. The Labute approximate surface area is 278 Å². The van der Waals surface area contributed by atoms with Gasteiger partial charge in [-0.3, -0.25) is 14.5 Å². The fraction of sp³-hybridized carbons (Fsp3) is 0.382. The van der Waals surface area contributed by atoms with Crippen molar-refractivity contribution in [2.24, 2.45) is 17.6 Å². The highest BCUT2D eigenvalue weighted by Gasteiger charge is 2.36.